The molecule has 0 aliphatic rings. The van der Waals surface area contributed by atoms with Gasteiger partial charge < -0.3 is 5.32 Å². The van der Waals surface area contributed by atoms with Crippen LogP contribution in [0.15, 0.2) is 24.7 Å². The third-order valence-electron chi connectivity index (χ3n) is 2.12. The Labute approximate surface area is 108 Å². The fourth-order valence-electron chi connectivity index (χ4n) is 1.29. The van der Waals surface area contributed by atoms with Gasteiger partial charge in [-0.05, 0) is 13.0 Å². The van der Waals surface area contributed by atoms with E-state index >= 15 is 0 Å². The number of carbonyl (C=O) groups excluding carboxylic acids is 1. The van der Waals surface area contributed by atoms with Crippen molar-refractivity contribution in [3.8, 4) is 0 Å². The first-order valence-corrected chi connectivity index (χ1v) is 5.57. The molecule has 0 saturated carbocycles. The van der Waals surface area contributed by atoms with Gasteiger partial charge in [-0.25, -0.2) is 19.9 Å². The Balaban J connectivity index is 1.98. The fraction of sp³-hybridized carbons (Fsp3) is 0.182. The molecule has 7 heteroatoms. The molecule has 6 nitrogen and oxygen atoms in total. The maximum atomic E-state index is 11.7. The fourth-order valence-corrected chi connectivity index (χ4v) is 1.39. The van der Waals surface area contributed by atoms with E-state index in [4.69, 9.17) is 11.6 Å². The smallest absolute Gasteiger partial charge is 0.271 e. The maximum absolute atomic E-state index is 11.7. The van der Waals surface area contributed by atoms with Crippen molar-refractivity contribution in [3.05, 3.63) is 47.0 Å². The molecule has 2 heterocycles. The molecule has 0 fully saturated rings. The first kappa shape index (κ1) is 12.4. The highest BCUT2D eigenvalue weighted by molar-refractivity contribution is 6.29. The van der Waals surface area contributed by atoms with Crippen LogP contribution in [-0.2, 0) is 6.54 Å². The number of rotatable bonds is 3. The first-order valence-electron chi connectivity index (χ1n) is 5.19. The highest BCUT2D eigenvalue weighted by Crippen LogP contribution is 2.01. The summed E-state index contributed by atoms with van der Waals surface area (Å²) in [6, 6.07) is 1.74. The van der Waals surface area contributed by atoms with Crippen molar-refractivity contribution in [1.82, 2.24) is 25.3 Å². The average Bonchev–Trinajstić information content (AvgIpc) is 2.37. The lowest BCUT2D eigenvalue weighted by atomic mass is 10.3. The van der Waals surface area contributed by atoms with E-state index in [0.29, 0.717) is 12.4 Å². The number of hydrogen-bond acceptors (Lipinski definition) is 5. The molecule has 2 rings (SSSR count). The summed E-state index contributed by atoms with van der Waals surface area (Å²) in [6.45, 7) is 2.10. The van der Waals surface area contributed by atoms with Crippen LogP contribution in [0.25, 0.3) is 0 Å². The molecule has 18 heavy (non-hydrogen) atoms. The van der Waals surface area contributed by atoms with Crippen LogP contribution in [0.5, 0.6) is 0 Å². The summed E-state index contributed by atoms with van der Waals surface area (Å²) in [5.41, 5.74) is 0.947. The van der Waals surface area contributed by atoms with Gasteiger partial charge in [-0.3, -0.25) is 4.79 Å². The molecule has 2 aromatic heterocycles. The molecule has 0 aliphatic heterocycles. The standard InChI is InChI=1S/C11H10ClN5O/c1-7-13-3-2-8(17-7)4-16-11(18)9-5-15-10(12)6-14-9/h2-3,5-6H,4H2,1H3,(H,16,18). The van der Waals surface area contributed by atoms with Gasteiger partial charge in [-0.2, -0.15) is 0 Å². The molecular weight excluding hydrogens is 254 g/mol. The Hall–Kier alpha value is -2.08. The van der Waals surface area contributed by atoms with Crippen LogP contribution in [0.2, 0.25) is 5.15 Å². The summed E-state index contributed by atoms with van der Waals surface area (Å²) < 4.78 is 0. The Morgan fingerprint density at radius 2 is 2.17 bits per heavy atom. The normalized spacial score (nSPS) is 10.1. The zero-order valence-corrected chi connectivity index (χ0v) is 10.3. The SMILES string of the molecule is Cc1nccc(CNC(=O)c2cnc(Cl)cn2)n1. The lowest BCUT2D eigenvalue weighted by Gasteiger charge is -2.04. The molecule has 0 spiro atoms. The Morgan fingerprint density at radius 3 is 2.83 bits per heavy atom. The monoisotopic (exact) mass is 263 g/mol. The Kier molecular flexibility index (Phi) is 3.78. The minimum Gasteiger partial charge on any atom is -0.345 e. The van der Waals surface area contributed by atoms with Gasteiger partial charge in [0.25, 0.3) is 5.91 Å². The zero-order chi connectivity index (χ0) is 13.0. The largest absolute Gasteiger partial charge is 0.345 e. The summed E-state index contributed by atoms with van der Waals surface area (Å²) in [4.78, 5) is 27.5. The second-order valence-electron chi connectivity index (χ2n) is 3.50. The molecule has 92 valence electrons. The lowest BCUT2D eigenvalue weighted by Crippen LogP contribution is -2.24. The Bertz CT molecular complexity index is 558. The van der Waals surface area contributed by atoms with Crippen LogP contribution in [-0.4, -0.2) is 25.8 Å². The van der Waals surface area contributed by atoms with Gasteiger partial charge in [0.2, 0.25) is 0 Å². The minimum atomic E-state index is -0.324. The summed E-state index contributed by atoms with van der Waals surface area (Å²) >= 11 is 5.58. The number of amides is 1. The number of carbonyl (C=O) groups is 1. The van der Waals surface area contributed by atoms with E-state index in [1.807, 2.05) is 0 Å². The average molecular weight is 264 g/mol. The molecule has 0 atom stereocenters. The van der Waals surface area contributed by atoms with Crippen molar-refractivity contribution in [2.24, 2.45) is 0 Å². The maximum Gasteiger partial charge on any atom is 0.271 e. The van der Waals surface area contributed by atoms with Gasteiger partial charge in [0.1, 0.15) is 16.7 Å². The van der Waals surface area contributed by atoms with E-state index < -0.39 is 0 Å². The van der Waals surface area contributed by atoms with Crippen LogP contribution in [0.4, 0.5) is 0 Å². The van der Waals surface area contributed by atoms with E-state index in [1.165, 1.54) is 12.4 Å². The van der Waals surface area contributed by atoms with Crippen molar-refractivity contribution in [2.45, 2.75) is 13.5 Å². The molecule has 0 aliphatic carbocycles. The molecule has 2 aromatic rings. The van der Waals surface area contributed by atoms with Crippen molar-refractivity contribution in [3.63, 3.8) is 0 Å². The van der Waals surface area contributed by atoms with Crippen LogP contribution in [0, 0.1) is 6.92 Å². The predicted molar refractivity (Wildman–Crippen MR) is 65.0 cm³/mol. The molecule has 0 saturated heterocycles. The molecule has 0 bridgehead atoms. The number of hydrogen-bond donors (Lipinski definition) is 1. The van der Waals surface area contributed by atoms with Gasteiger partial charge in [0, 0.05) is 6.20 Å². The number of aryl methyl sites for hydroxylation is 1. The lowest BCUT2D eigenvalue weighted by molar-refractivity contribution is 0.0945. The third-order valence-corrected chi connectivity index (χ3v) is 2.31. The van der Waals surface area contributed by atoms with Gasteiger partial charge in [-0.15, -0.1) is 0 Å². The van der Waals surface area contributed by atoms with Crippen molar-refractivity contribution in [1.29, 1.82) is 0 Å². The highest BCUT2D eigenvalue weighted by atomic mass is 35.5. The summed E-state index contributed by atoms with van der Waals surface area (Å²) in [7, 11) is 0. The third kappa shape index (κ3) is 3.21. The second-order valence-corrected chi connectivity index (χ2v) is 3.89. The molecule has 1 N–H and O–H groups in total. The molecule has 1 amide bonds. The zero-order valence-electron chi connectivity index (χ0n) is 9.59. The van der Waals surface area contributed by atoms with Crippen molar-refractivity contribution < 1.29 is 4.79 Å². The summed E-state index contributed by atoms with van der Waals surface area (Å²) in [5.74, 6) is 0.337. The van der Waals surface area contributed by atoms with Crippen LogP contribution in [0.3, 0.4) is 0 Å². The number of nitrogens with one attached hydrogen (secondary N) is 1. The molecule has 0 radical (unpaired) electrons. The van der Waals surface area contributed by atoms with E-state index in [0.717, 1.165) is 5.69 Å². The first-order chi connectivity index (χ1) is 8.65. The van der Waals surface area contributed by atoms with Crippen molar-refractivity contribution in [2.75, 3.05) is 0 Å². The second kappa shape index (κ2) is 5.50. The van der Waals surface area contributed by atoms with Crippen molar-refractivity contribution >= 4 is 17.5 Å². The van der Waals surface area contributed by atoms with E-state index in [1.54, 1.807) is 19.2 Å². The highest BCUT2D eigenvalue weighted by Gasteiger charge is 2.07. The molecule has 0 aromatic carbocycles. The topological polar surface area (TPSA) is 80.7 Å². The van der Waals surface area contributed by atoms with E-state index in [9.17, 15) is 4.79 Å². The van der Waals surface area contributed by atoms with Crippen LogP contribution >= 0.6 is 11.6 Å². The Morgan fingerprint density at radius 1 is 1.33 bits per heavy atom. The number of nitrogens with zero attached hydrogens (tertiary/aromatic N) is 4. The minimum absolute atomic E-state index is 0.213. The van der Waals surface area contributed by atoms with E-state index in [2.05, 4.69) is 25.3 Å². The predicted octanol–water partition coefficient (Wildman–Crippen LogP) is 1.16. The van der Waals surface area contributed by atoms with Gasteiger partial charge in [0.15, 0.2) is 0 Å². The van der Waals surface area contributed by atoms with Gasteiger partial charge in [-0.1, -0.05) is 11.6 Å². The molecular formula is C11H10ClN5O. The van der Waals surface area contributed by atoms with Gasteiger partial charge >= 0.3 is 0 Å². The van der Waals surface area contributed by atoms with Crippen LogP contribution in [0.1, 0.15) is 22.0 Å². The summed E-state index contributed by atoms with van der Waals surface area (Å²) in [5, 5.41) is 2.94. The number of halogens is 1. The van der Waals surface area contributed by atoms with E-state index in [-0.39, 0.29) is 16.8 Å². The number of aromatic nitrogens is 4. The molecule has 0 unspecified atom stereocenters. The quantitative estimate of drug-likeness (QED) is 0.899. The van der Waals surface area contributed by atoms with Crippen LogP contribution < -0.4 is 5.32 Å². The summed E-state index contributed by atoms with van der Waals surface area (Å²) in [6.07, 6.45) is 4.29. The van der Waals surface area contributed by atoms with Gasteiger partial charge in [0.05, 0.1) is 24.6 Å².